The summed E-state index contributed by atoms with van der Waals surface area (Å²) in [6.07, 6.45) is -6.75. The Morgan fingerprint density at radius 3 is 2.08 bits per heavy atom. The quantitative estimate of drug-likeness (QED) is 0.306. The number of rotatable bonds is 2. The summed E-state index contributed by atoms with van der Waals surface area (Å²) in [5.74, 6) is 0. The molecule has 0 spiro atoms. The standard InChI is InChI=1S/C6H12O6/c7-1-2(8)5-3(9)4(10)6(11)12-5/h2-11H,1H2/t2-,3?,4?,5?,6?/m0/s1. The second kappa shape index (κ2) is 3.65. The summed E-state index contributed by atoms with van der Waals surface area (Å²) >= 11 is 0. The Morgan fingerprint density at radius 2 is 1.75 bits per heavy atom. The molecule has 0 saturated carbocycles. The van der Waals surface area contributed by atoms with Crippen molar-refractivity contribution >= 4 is 0 Å². The molecular weight excluding hydrogens is 168 g/mol. The molecule has 12 heavy (non-hydrogen) atoms. The van der Waals surface area contributed by atoms with Gasteiger partial charge in [-0.1, -0.05) is 0 Å². The predicted octanol–water partition coefficient (Wildman–Crippen LogP) is -3.22. The highest BCUT2D eigenvalue weighted by molar-refractivity contribution is 4.89. The van der Waals surface area contributed by atoms with Gasteiger partial charge in [0.25, 0.3) is 0 Å². The molecule has 0 aromatic carbocycles. The molecule has 0 aliphatic carbocycles. The lowest BCUT2D eigenvalue weighted by molar-refractivity contribution is -0.150. The molecule has 1 aliphatic rings. The number of aliphatic hydroxyl groups excluding tert-OH is 5. The van der Waals surface area contributed by atoms with Crippen LogP contribution in [0, 0.1) is 0 Å². The van der Waals surface area contributed by atoms with Gasteiger partial charge in [0, 0.05) is 0 Å². The third-order valence-corrected chi connectivity index (χ3v) is 1.84. The number of aliphatic hydroxyl groups is 5. The molecule has 0 amide bonds. The van der Waals surface area contributed by atoms with Gasteiger partial charge in [-0.2, -0.15) is 0 Å². The first-order valence-corrected chi connectivity index (χ1v) is 3.56. The molecule has 0 aromatic heterocycles. The van der Waals surface area contributed by atoms with Crippen molar-refractivity contribution < 1.29 is 30.3 Å². The zero-order valence-corrected chi connectivity index (χ0v) is 6.24. The van der Waals surface area contributed by atoms with E-state index in [0.29, 0.717) is 0 Å². The summed E-state index contributed by atoms with van der Waals surface area (Å²) in [5, 5.41) is 44.4. The van der Waals surface area contributed by atoms with Gasteiger partial charge >= 0.3 is 0 Å². The van der Waals surface area contributed by atoms with Crippen molar-refractivity contribution in [3.63, 3.8) is 0 Å². The topological polar surface area (TPSA) is 110 Å². The summed E-state index contributed by atoms with van der Waals surface area (Å²) in [5.41, 5.74) is 0. The number of hydrogen-bond acceptors (Lipinski definition) is 6. The minimum Gasteiger partial charge on any atom is -0.394 e. The molecule has 5 atom stereocenters. The third-order valence-electron chi connectivity index (χ3n) is 1.84. The van der Waals surface area contributed by atoms with Crippen LogP contribution in [0.25, 0.3) is 0 Å². The number of ether oxygens (including phenoxy) is 1. The lowest BCUT2D eigenvalue weighted by Crippen LogP contribution is -2.40. The van der Waals surface area contributed by atoms with Gasteiger partial charge in [-0.3, -0.25) is 0 Å². The predicted molar refractivity (Wildman–Crippen MR) is 36.0 cm³/mol. The molecule has 0 aromatic rings. The Kier molecular flexibility index (Phi) is 2.99. The van der Waals surface area contributed by atoms with Gasteiger partial charge in [0.1, 0.15) is 24.4 Å². The summed E-state index contributed by atoms with van der Waals surface area (Å²) in [6, 6.07) is 0. The van der Waals surface area contributed by atoms with E-state index in [2.05, 4.69) is 4.74 Å². The SMILES string of the molecule is OC[C@H](O)C1OC(O)C(O)C1O. The monoisotopic (exact) mass is 180 g/mol. The molecule has 4 unspecified atom stereocenters. The van der Waals surface area contributed by atoms with E-state index in [9.17, 15) is 0 Å². The molecule has 72 valence electrons. The Hall–Kier alpha value is -0.240. The van der Waals surface area contributed by atoms with E-state index in [1.165, 1.54) is 0 Å². The first kappa shape index (κ1) is 9.85. The fraction of sp³-hybridized carbons (Fsp3) is 1.00. The summed E-state index contributed by atoms with van der Waals surface area (Å²) in [4.78, 5) is 0. The van der Waals surface area contributed by atoms with Crippen molar-refractivity contribution in [3.8, 4) is 0 Å². The second-order valence-electron chi connectivity index (χ2n) is 2.72. The van der Waals surface area contributed by atoms with Crippen LogP contribution < -0.4 is 0 Å². The molecule has 6 heteroatoms. The summed E-state index contributed by atoms with van der Waals surface area (Å²) in [7, 11) is 0. The van der Waals surface area contributed by atoms with Crippen molar-refractivity contribution in [2.45, 2.75) is 30.7 Å². The van der Waals surface area contributed by atoms with Crippen molar-refractivity contribution in [2.24, 2.45) is 0 Å². The molecular formula is C6H12O6. The Labute approximate surface area is 68.6 Å². The van der Waals surface area contributed by atoms with Gasteiger partial charge in [0.2, 0.25) is 0 Å². The van der Waals surface area contributed by atoms with Gasteiger partial charge in [-0.25, -0.2) is 0 Å². The maximum absolute atomic E-state index is 9.12. The lowest BCUT2D eigenvalue weighted by atomic mass is 10.1. The molecule has 1 fully saturated rings. The van der Waals surface area contributed by atoms with Gasteiger partial charge < -0.3 is 30.3 Å². The van der Waals surface area contributed by atoms with Gasteiger partial charge in [-0.15, -0.1) is 0 Å². The highest BCUT2D eigenvalue weighted by Gasteiger charge is 2.44. The van der Waals surface area contributed by atoms with Crippen LogP contribution in [0.3, 0.4) is 0 Å². The van der Waals surface area contributed by atoms with Gasteiger partial charge in [0.15, 0.2) is 6.29 Å². The Morgan fingerprint density at radius 1 is 1.17 bits per heavy atom. The normalized spacial score (nSPS) is 44.8. The van der Waals surface area contributed by atoms with Crippen LogP contribution in [-0.4, -0.2) is 62.8 Å². The second-order valence-corrected chi connectivity index (χ2v) is 2.72. The van der Waals surface area contributed by atoms with Crippen LogP contribution in [0.5, 0.6) is 0 Å². The molecule has 1 rings (SSSR count). The average Bonchev–Trinajstić information content (AvgIpc) is 2.32. The van der Waals surface area contributed by atoms with Crippen LogP contribution >= 0.6 is 0 Å². The minimum absolute atomic E-state index is 0.596. The smallest absolute Gasteiger partial charge is 0.184 e. The summed E-state index contributed by atoms with van der Waals surface area (Å²) in [6.45, 7) is -0.596. The zero-order valence-electron chi connectivity index (χ0n) is 6.24. The molecule has 1 heterocycles. The maximum Gasteiger partial charge on any atom is 0.184 e. The van der Waals surface area contributed by atoms with E-state index in [1.54, 1.807) is 0 Å². The average molecular weight is 180 g/mol. The first-order chi connectivity index (χ1) is 5.57. The van der Waals surface area contributed by atoms with E-state index in [0.717, 1.165) is 0 Å². The zero-order chi connectivity index (χ0) is 9.30. The molecule has 1 saturated heterocycles. The number of hydrogen-bond donors (Lipinski definition) is 5. The highest BCUT2D eigenvalue weighted by atomic mass is 16.6. The first-order valence-electron chi connectivity index (χ1n) is 3.56. The highest BCUT2D eigenvalue weighted by Crippen LogP contribution is 2.21. The van der Waals surface area contributed by atoms with Crippen molar-refractivity contribution in [1.29, 1.82) is 0 Å². The largest absolute Gasteiger partial charge is 0.394 e. The van der Waals surface area contributed by atoms with Crippen molar-refractivity contribution in [1.82, 2.24) is 0 Å². The fourth-order valence-electron chi connectivity index (χ4n) is 1.11. The molecule has 0 radical (unpaired) electrons. The van der Waals surface area contributed by atoms with Crippen LogP contribution in [-0.2, 0) is 4.74 Å². The van der Waals surface area contributed by atoms with E-state index < -0.39 is 37.3 Å². The molecule has 1 aliphatic heterocycles. The minimum atomic E-state index is -1.51. The van der Waals surface area contributed by atoms with E-state index >= 15 is 0 Å². The van der Waals surface area contributed by atoms with E-state index in [4.69, 9.17) is 25.5 Å². The van der Waals surface area contributed by atoms with E-state index in [-0.39, 0.29) is 0 Å². The Balaban J connectivity index is 2.58. The lowest BCUT2D eigenvalue weighted by Gasteiger charge is -2.18. The van der Waals surface area contributed by atoms with Crippen molar-refractivity contribution in [3.05, 3.63) is 0 Å². The van der Waals surface area contributed by atoms with Gasteiger partial charge in [0.05, 0.1) is 6.61 Å². The van der Waals surface area contributed by atoms with Crippen LogP contribution in [0.2, 0.25) is 0 Å². The molecule has 5 N–H and O–H groups in total. The maximum atomic E-state index is 9.12. The fourth-order valence-corrected chi connectivity index (χ4v) is 1.11. The van der Waals surface area contributed by atoms with Crippen LogP contribution in [0.4, 0.5) is 0 Å². The molecule has 0 bridgehead atoms. The molecule has 6 nitrogen and oxygen atoms in total. The van der Waals surface area contributed by atoms with Crippen molar-refractivity contribution in [2.75, 3.05) is 6.61 Å². The Bertz CT molecular complexity index is 151. The third kappa shape index (κ3) is 1.58. The van der Waals surface area contributed by atoms with Crippen LogP contribution in [0.1, 0.15) is 0 Å². The van der Waals surface area contributed by atoms with E-state index in [1.807, 2.05) is 0 Å². The van der Waals surface area contributed by atoms with Crippen LogP contribution in [0.15, 0.2) is 0 Å². The summed E-state index contributed by atoms with van der Waals surface area (Å²) < 4.78 is 4.58. The van der Waals surface area contributed by atoms with Gasteiger partial charge in [-0.05, 0) is 0 Å².